The van der Waals surface area contributed by atoms with Crippen molar-refractivity contribution >= 4 is 27.7 Å². The summed E-state index contributed by atoms with van der Waals surface area (Å²) in [6, 6.07) is 19.2. The van der Waals surface area contributed by atoms with Crippen molar-refractivity contribution in [3.63, 3.8) is 0 Å². The maximum Gasteiger partial charge on any atom is 0.309 e. The Kier molecular flexibility index (Phi) is 6.51. The number of nitrogens with two attached hydrogens (primary N) is 1. The van der Waals surface area contributed by atoms with Gasteiger partial charge in [0.2, 0.25) is 0 Å². The molecular formula is C25H24N4O6S. The monoisotopic (exact) mass is 508 g/mol. The molecule has 2 N–H and O–H groups in total. The minimum atomic E-state index is -3.73. The van der Waals surface area contributed by atoms with E-state index in [1.54, 1.807) is 55.5 Å². The number of non-ortho nitro benzene ring substituents is 1. The van der Waals surface area contributed by atoms with Crippen LogP contribution < -0.4 is 9.92 Å². The summed E-state index contributed by atoms with van der Waals surface area (Å²) in [4.78, 5) is 30.1. The van der Waals surface area contributed by atoms with Crippen molar-refractivity contribution in [1.29, 1.82) is 0 Å². The molecule has 1 aliphatic rings. The van der Waals surface area contributed by atoms with Crippen molar-refractivity contribution in [2.24, 2.45) is 10.7 Å². The molecule has 1 aliphatic heterocycles. The van der Waals surface area contributed by atoms with Gasteiger partial charge in [-0.15, -0.1) is 0 Å². The molecule has 0 aromatic heterocycles. The largest absolute Gasteiger partial charge is 0.382 e. The lowest BCUT2D eigenvalue weighted by molar-refractivity contribution is -0.384. The van der Waals surface area contributed by atoms with Gasteiger partial charge < -0.3 is 9.92 Å². The first-order chi connectivity index (χ1) is 17.1. The van der Waals surface area contributed by atoms with Gasteiger partial charge in [-0.25, -0.2) is 4.99 Å². The summed E-state index contributed by atoms with van der Waals surface area (Å²) in [6.07, 6.45) is 0.416. The van der Waals surface area contributed by atoms with E-state index in [1.807, 2.05) is 0 Å². The highest BCUT2D eigenvalue weighted by Gasteiger charge is 2.49. The first kappa shape index (κ1) is 24.9. The lowest BCUT2D eigenvalue weighted by atomic mass is 9.81. The lowest BCUT2D eigenvalue weighted by Gasteiger charge is -2.26. The molecule has 11 heteroatoms. The maximum absolute atomic E-state index is 13.5. The number of hydrogen-bond acceptors (Lipinski definition) is 8. The average molecular weight is 509 g/mol. The summed E-state index contributed by atoms with van der Waals surface area (Å²) in [5.74, 6) is -0.383. The van der Waals surface area contributed by atoms with Crippen molar-refractivity contribution in [3.05, 3.63) is 94.0 Å². The van der Waals surface area contributed by atoms with Gasteiger partial charge in [0.1, 0.15) is 5.75 Å². The zero-order chi connectivity index (χ0) is 26.1. The van der Waals surface area contributed by atoms with Crippen LogP contribution >= 0.6 is 0 Å². The number of amides is 1. The summed E-state index contributed by atoms with van der Waals surface area (Å²) >= 11 is 0. The van der Waals surface area contributed by atoms with Crippen LogP contribution in [0, 0.1) is 10.1 Å². The standard InChI is InChI=1S/C25H24N4O6S/c1-3-14-36(33,34)35-22-12-10-19(11-13-22)25(23(30)28(2)24(26)27-25)20-8-4-6-17(15-20)18-7-5-9-21(16-18)29(31)32/h4-13,15-16H,3,14H2,1-2H3,(H2,26,27). The van der Waals surface area contributed by atoms with Crippen LogP contribution in [-0.2, 0) is 20.5 Å². The Balaban J connectivity index is 1.81. The van der Waals surface area contributed by atoms with Crippen molar-refractivity contribution in [1.82, 2.24) is 4.90 Å². The number of likely N-dealkylation sites (N-methyl/N-ethyl adjacent to an activating group) is 1. The fraction of sp³-hybridized carbons (Fsp3) is 0.200. The van der Waals surface area contributed by atoms with Gasteiger partial charge >= 0.3 is 10.1 Å². The van der Waals surface area contributed by atoms with Gasteiger partial charge in [-0.1, -0.05) is 49.4 Å². The first-order valence-corrected chi connectivity index (χ1v) is 12.7. The molecule has 1 unspecified atom stereocenters. The van der Waals surface area contributed by atoms with E-state index < -0.39 is 26.5 Å². The number of carbonyl (C=O) groups is 1. The SMILES string of the molecule is CCCS(=O)(=O)Oc1ccc(C2(c3cccc(-c4cccc([N+](=O)[O-])c4)c3)N=C(N)N(C)C2=O)cc1. The Morgan fingerprint density at radius 2 is 1.67 bits per heavy atom. The topological polar surface area (TPSA) is 145 Å². The molecule has 0 saturated carbocycles. The van der Waals surface area contributed by atoms with Crippen molar-refractivity contribution in [2.45, 2.75) is 18.9 Å². The van der Waals surface area contributed by atoms with E-state index in [9.17, 15) is 23.3 Å². The molecule has 0 spiro atoms. The van der Waals surface area contributed by atoms with Crippen LogP contribution in [0.2, 0.25) is 0 Å². The Labute approximate surface area is 208 Å². The molecule has 0 saturated heterocycles. The Morgan fingerprint density at radius 1 is 1.03 bits per heavy atom. The van der Waals surface area contributed by atoms with Crippen LogP contribution in [0.5, 0.6) is 5.75 Å². The third kappa shape index (κ3) is 4.52. The maximum atomic E-state index is 13.5. The zero-order valence-corrected chi connectivity index (χ0v) is 20.4. The molecule has 10 nitrogen and oxygen atoms in total. The number of carbonyl (C=O) groups excluding carboxylic acids is 1. The zero-order valence-electron chi connectivity index (χ0n) is 19.6. The van der Waals surface area contributed by atoms with Gasteiger partial charge in [-0.3, -0.25) is 19.8 Å². The fourth-order valence-electron chi connectivity index (χ4n) is 4.10. The van der Waals surface area contributed by atoms with E-state index in [-0.39, 0.29) is 23.1 Å². The number of aliphatic imine (C=N–C) groups is 1. The normalized spacial score (nSPS) is 17.7. The Bertz CT molecular complexity index is 1470. The highest BCUT2D eigenvalue weighted by Crippen LogP contribution is 2.41. The van der Waals surface area contributed by atoms with Gasteiger partial charge in [-0.05, 0) is 46.9 Å². The number of nitro benzene ring substituents is 1. The third-order valence-corrected chi connectivity index (χ3v) is 7.21. The summed E-state index contributed by atoms with van der Waals surface area (Å²) in [7, 11) is -2.21. The van der Waals surface area contributed by atoms with Crippen LogP contribution in [0.4, 0.5) is 5.69 Å². The Hall–Kier alpha value is -4.25. The highest BCUT2D eigenvalue weighted by molar-refractivity contribution is 7.87. The number of rotatable bonds is 8. The van der Waals surface area contributed by atoms with E-state index in [0.29, 0.717) is 28.7 Å². The van der Waals surface area contributed by atoms with E-state index in [4.69, 9.17) is 9.92 Å². The number of hydrogen-bond donors (Lipinski definition) is 1. The fourth-order valence-corrected chi connectivity index (χ4v) is 5.08. The molecule has 0 bridgehead atoms. The molecule has 3 aromatic carbocycles. The Morgan fingerprint density at radius 3 is 2.25 bits per heavy atom. The molecule has 0 aliphatic carbocycles. The molecule has 0 fully saturated rings. The van der Waals surface area contributed by atoms with Crippen LogP contribution in [0.25, 0.3) is 11.1 Å². The number of benzene rings is 3. The number of guanidine groups is 1. The predicted molar refractivity (Wildman–Crippen MR) is 135 cm³/mol. The van der Waals surface area contributed by atoms with Crippen molar-refractivity contribution < 1.29 is 22.3 Å². The van der Waals surface area contributed by atoms with Gasteiger partial charge in [-0.2, -0.15) is 8.42 Å². The minimum absolute atomic E-state index is 0.0200. The van der Waals surface area contributed by atoms with Gasteiger partial charge in [0, 0.05) is 19.2 Å². The molecule has 1 atom stereocenters. The molecule has 0 radical (unpaired) electrons. The quantitative estimate of drug-likeness (QED) is 0.279. The predicted octanol–water partition coefficient (Wildman–Crippen LogP) is 3.41. The van der Waals surface area contributed by atoms with E-state index in [0.717, 1.165) is 0 Å². The van der Waals surface area contributed by atoms with Gasteiger partial charge in [0.15, 0.2) is 11.5 Å². The van der Waals surface area contributed by atoms with Crippen molar-refractivity contribution in [3.8, 4) is 16.9 Å². The lowest BCUT2D eigenvalue weighted by Crippen LogP contribution is -2.41. The number of nitro groups is 1. The number of nitrogens with zero attached hydrogens (tertiary/aromatic N) is 3. The van der Waals surface area contributed by atoms with Crippen LogP contribution in [0.1, 0.15) is 24.5 Å². The smallest absolute Gasteiger partial charge is 0.309 e. The summed E-state index contributed by atoms with van der Waals surface area (Å²) in [5, 5.41) is 11.2. The van der Waals surface area contributed by atoms with E-state index >= 15 is 0 Å². The first-order valence-electron chi connectivity index (χ1n) is 11.1. The molecule has 186 valence electrons. The second kappa shape index (κ2) is 9.42. The van der Waals surface area contributed by atoms with E-state index in [2.05, 4.69) is 4.99 Å². The summed E-state index contributed by atoms with van der Waals surface area (Å²) in [5.41, 5.74) is 6.66. The second-order valence-corrected chi connectivity index (χ2v) is 9.99. The van der Waals surface area contributed by atoms with Gasteiger partial charge in [0.05, 0.1) is 10.7 Å². The molecule has 1 amide bonds. The van der Waals surface area contributed by atoms with Crippen LogP contribution in [0.15, 0.2) is 77.8 Å². The third-order valence-electron chi connectivity index (χ3n) is 5.86. The molecule has 1 heterocycles. The minimum Gasteiger partial charge on any atom is -0.382 e. The molecular weight excluding hydrogens is 484 g/mol. The molecule has 3 aromatic rings. The average Bonchev–Trinajstić information content (AvgIpc) is 3.09. The summed E-state index contributed by atoms with van der Waals surface area (Å²) < 4.78 is 29.2. The van der Waals surface area contributed by atoms with E-state index in [1.165, 1.54) is 36.2 Å². The summed E-state index contributed by atoms with van der Waals surface area (Å²) in [6.45, 7) is 1.74. The molecule has 4 rings (SSSR count). The van der Waals surface area contributed by atoms with Crippen LogP contribution in [-0.4, -0.2) is 42.9 Å². The highest BCUT2D eigenvalue weighted by atomic mass is 32.2. The second-order valence-electron chi connectivity index (χ2n) is 8.30. The van der Waals surface area contributed by atoms with Crippen LogP contribution in [0.3, 0.4) is 0 Å². The van der Waals surface area contributed by atoms with Gasteiger partial charge in [0.25, 0.3) is 11.6 Å². The molecule has 36 heavy (non-hydrogen) atoms. The van der Waals surface area contributed by atoms with Crippen molar-refractivity contribution in [2.75, 3.05) is 12.8 Å².